The summed E-state index contributed by atoms with van der Waals surface area (Å²) in [5.41, 5.74) is -0.353. The predicted molar refractivity (Wildman–Crippen MR) is 62.6 cm³/mol. The van der Waals surface area contributed by atoms with Crippen molar-refractivity contribution >= 4 is 21.8 Å². The summed E-state index contributed by atoms with van der Waals surface area (Å²) < 4.78 is 49.8. The van der Waals surface area contributed by atoms with Gasteiger partial charge in [0.05, 0.1) is 11.5 Å². The van der Waals surface area contributed by atoms with Gasteiger partial charge in [0.25, 0.3) is 0 Å². The molecule has 1 heterocycles. The molecular weight excluding hydrogens is 264 g/mol. The largest absolute Gasteiger partial charge is 0.365 e. The topological polar surface area (TPSA) is 54.5 Å². The van der Waals surface area contributed by atoms with E-state index < -0.39 is 21.5 Å². The molecular formula is C11H11F2NO3S. The summed E-state index contributed by atoms with van der Waals surface area (Å²) in [7, 11) is -3.10. The Labute approximate surface area is 103 Å². The molecule has 18 heavy (non-hydrogen) atoms. The van der Waals surface area contributed by atoms with E-state index in [1.165, 1.54) is 4.90 Å². The molecule has 1 aliphatic rings. The summed E-state index contributed by atoms with van der Waals surface area (Å²) in [4.78, 5) is 11.8. The highest BCUT2D eigenvalue weighted by Crippen LogP contribution is 2.26. The third-order valence-corrected chi connectivity index (χ3v) is 4.45. The quantitative estimate of drug-likeness (QED) is 0.756. The van der Waals surface area contributed by atoms with Crippen LogP contribution in [0, 0.1) is 11.6 Å². The molecule has 0 aromatic heterocycles. The van der Waals surface area contributed by atoms with Gasteiger partial charge in [0.2, 0.25) is 0 Å². The summed E-state index contributed by atoms with van der Waals surface area (Å²) in [6.07, 6.45) is 0.358. The molecule has 1 aromatic rings. The third kappa shape index (κ3) is 2.50. The summed E-state index contributed by atoms with van der Waals surface area (Å²) in [6.45, 7) is 0.104. The van der Waals surface area contributed by atoms with Crippen LogP contribution < -0.4 is 4.90 Å². The van der Waals surface area contributed by atoms with Crippen molar-refractivity contribution in [2.45, 2.75) is 0 Å². The van der Waals surface area contributed by atoms with E-state index in [1.54, 1.807) is 0 Å². The van der Waals surface area contributed by atoms with Crippen molar-refractivity contribution in [2.24, 2.45) is 0 Å². The number of nitrogens with zero attached hydrogens (tertiary/aromatic N) is 1. The zero-order valence-electron chi connectivity index (χ0n) is 9.40. The van der Waals surface area contributed by atoms with Gasteiger partial charge in [-0.05, 0) is 12.1 Å². The number of anilines is 1. The van der Waals surface area contributed by atoms with Crippen LogP contribution in [0.1, 0.15) is 10.4 Å². The average molecular weight is 275 g/mol. The van der Waals surface area contributed by atoms with E-state index in [9.17, 15) is 22.0 Å². The summed E-state index contributed by atoms with van der Waals surface area (Å²) in [5.74, 6) is -1.95. The lowest BCUT2D eigenvalue weighted by atomic mass is 10.2. The van der Waals surface area contributed by atoms with Gasteiger partial charge >= 0.3 is 0 Å². The highest BCUT2D eigenvalue weighted by atomic mass is 32.2. The molecule has 0 bridgehead atoms. The van der Waals surface area contributed by atoms with E-state index in [-0.39, 0.29) is 35.8 Å². The lowest BCUT2D eigenvalue weighted by Crippen LogP contribution is -2.41. The number of sulfone groups is 1. The van der Waals surface area contributed by atoms with Crippen LogP contribution in [-0.4, -0.2) is 39.3 Å². The number of hydrogen-bond donors (Lipinski definition) is 0. The summed E-state index contributed by atoms with van der Waals surface area (Å²) in [6, 6.07) is 1.88. The summed E-state index contributed by atoms with van der Waals surface area (Å²) >= 11 is 0. The van der Waals surface area contributed by atoms with Crippen LogP contribution in [-0.2, 0) is 9.84 Å². The Bertz CT molecular complexity index is 549. The van der Waals surface area contributed by atoms with E-state index in [0.29, 0.717) is 6.29 Å². The first-order chi connectivity index (χ1) is 8.43. The number of halogens is 2. The van der Waals surface area contributed by atoms with Crippen LogP contribution in [0.4, 0.5) is 14.5 Å². The fourth-order valence-electron chi connectivity index (χ4n) is 1.89. The van der Waals surface area contributed by atoms with E-state index in [1.807, 2.05) is 0 Å². The predicted octanol–water partition coefficient (Wildman–Crippen LogP) is 1.01. The fraction of sp³-hybridized carbons (Fsp3) is 0.364. The van der Waals surface area contributed by atoms with Crippen molar-refractivity contribution in [1.29, 1.82) is 0 Å². The first-order valence-electron chi connectivity index (χ1n) is 5.32. The molecule has 0 amide bonds. The minimum atomic E-state index is -3.10. The van der Waals surface area contributed by atoms with E-state index in [0.717, 1.165) is 12.1 Å². The molecule has 0 spiro atoms. The van der Waals surface area contributed by atoms with Crippen LogP contribution in [0.25, 0.3) is 0 Å². The molecule has 0 aliphatic carbocycles. The van der Waals surface area contributed by atoms with E-state index in [4.69, 9.17) is 0 Å². The fourth-order valence-corrected chi connectivity index (χ4v) is 3.09. The second-order valence-corrected chi connectivity index (χ2v) is 6.39. The van der Waals surface area contributed by atoms with Crippen molar-refractivity contribution in [3.8, 4) is 0 Å². The van der Waals surface area contributed by atoms with Gasteiger partial charge in [-0.15, -0.1) is 0 Å². The molecule has 1 aromatic carbocycles. The van der Waals surface area contributed by atoms with Crippen LogP contribution in [0.2, 0.25) is 0 Å². The monoisotopic (exact) mass is 275 g/mol. The number of aldehydes is 1. The zero-order chi connectivity index (χ0) is 13.3. The standard InChI is InChI=1S/C11H11F2NO3S/c12-9-5-8(7-15)6-10(13)11(9)14-1-3-18(16,17)4-2-14/h5-7H,1-4H2. The van der Waals surface area contributed by atoms with Crippen molar-refractivity contribution in [3.63, 3.8) is 0 Å². The van der Waals surface area contributed by atoms with Crippen LogP contribution in [0.5, 0.6) is 0 Å². The minimum absolute atomic E-state index is 0.0522. The molecule has 0 atom stereocenters. The molecule has 98 valence electrons. The number of carbonyl (C=O) groups excluding carboxylic acids is 1. The van der Waals surface area contributed by atoms with Crippen molar-refractivity contribution in [2.75, 3.05) is 29.5 Å². The normalized spacial score (nSPS) is 18.7. The number of hydrogen-bond acceptors (Lipinski definition) is 4. The van der Waals surface area contributed by atoms with Gasteiger partial charge in [-0.25, -0.2) is 17.2 Å². The first kappa shape index (κ1) is 12.9. The van der Waals surface area contributed by atoms with Crippen molar-refractivity contribution in [1.82, 2.24) is 0 Å². The number of benzene rings is 1. The van der Waals surface area contributed by atoms with Crippen LogP contribution >= 0.6 is 0 Å². The highest BCUT2D eigenvalue weighted by molar-refractivity contribution is 7.91. The number of carbonyl (C=O) groups is 1. The molecule has 0 saturated carbocycles. The van der Waals surface area contributed by atoms with Gasteiger partial charge in [0, 0.05) is 18.7 Å². The average Bonchev–Trinajstić information content (AvgIpc) is 2.30. The molecule has 2 rings (SSSR count). The van der Waals surface area contributed by atoms with Gasteiger partial charge in [-0.1, -0.05) is 0 Å². The molecule has 4 nitrogen and oxygen atoms in total. The SMILES string of the molecule is O=Cc1cc(F)c(N2CCS(=O)(=O)CC2)c(F)c1. The maximum absolute atomic E-state index is 13.7. The van der Waals surface area contributed by atoms with Gasteiger partial charge in [-0.3, -0.25) is 4.79 Å². The maximum Gasteiger partial charge on any atom is 0.153 e. The van der Waals surface area contributed by atoms with Crippen molar-refractivity contribution in [3.05, 3.63) is 29.3 Å². The Morgan fingerprint density at radius 1 is 1.11 bits per heavy atom. The second-order valence-electron chi connectivity index (χ2n) is 4.09. The Morgan fingerprint density at radius 2 is 1.61 bits per heavy atom. The molecule has 1 fully saturated rings. The molecule has 0 N–H and O–H groups in total. The molecule has 0 unspecified atom stereocenters. The second kappa shape index (κ2) is 4.64. The first-order valence-corrected chi connectivity index (χ1v) is 7.15. The van der Waals surface area contributed by atoms with E-state index in [2.05, 4.69) is 0 Å². The molecule has 1 aliphatic heterocycles. The smallest absolute Gasteiger partial charge is 0.153 e. The third-order valence-electron chi connectivity index (χ3n) is 2.84. The highest BCUT2D eigenvalue weighted by Gasteiger charge is 2.25. The van der Waals surface area contributed by atoms with Crippen molar-refractivity contribution < 1.29 is 22.0 Å². The van der Waals surface area contributed by atoms with Gasteiger partial charge in [-0.2, -0.15) is 0 Å². The Balaban J connectivity index is 2.32. The Morgan fingerprint density at radius 3 is 2.06 bits per heavy atom. The van der Waals surface area contributed by atoms with Gasteiger partial charge in [0.1, 0.15) is 23.6 Å². The maximum atomic E-state index is 13.7. The summed E-state index contributed by atoms with van der Waals surface area (Å²) in [5, 5.41) is 0. The lowest BCUT2D eigenvalue weighted by molar-refractivity contribution is 0.112. The van der Waals surface area contributed by atoms with Gasteiger partial charge < -0.3 is 4.90 Å². The van der Waals surface area contributed by atoms with Crippen LogP contribution in [0.15, 0.2) is 12.1 Å². The minimum Gasteiger partial charge on any atom is -0.365 e. The molecule has 1 saturated heterocycles. The molecule has 7 heteroatoms. The lowest BCUT2D eigenvalue weighted by Gasteiger charge is -2.29. The Kier molecular flexibility index (Phi) is 3.34. The van der Waals surface area contributed by atoms with Crippen LogP contribution in [0.3, 0.4) is 0 Å². The molecule has 0 radical (unpaired) electrons. The van der Waals surface area contributed by atoms with Gasteiger partial charge in [0.15, 0.2) is 9.84 Å². The number of rotatable bonds is 2. The zero-order valence-corrected chi connectivity index (χ0v) is 10.2. The Hall–Kier alpha value is -1.50. The van der Waals surface area contributed by atoms with E-state index >= 15 is 0 Å².